The summed E-state index contributed by atoms with van der Waals surface area (Å²) in [5.74, 6) is 1.81. The Labute approximate surface area is 121 Å². The van der Waals surface area contributed by atoms with E-state index in [1.165, 1.54) is 24.8 Å². The number of para-hydroxylation sites is 1. The highest BCUT2D eigenvalue weighted by molar-refractivity contribution is 5.72. The van der Waals surface area contributed by atoms with Gasteiger partial charge in [0.25, 0.3) is 0 Å². The molecule has 0 amide bonds. The van der Waals surface area contributed by atoms with Crippen molar-refractivity contribution in [1.29, 1.82) is 0 Å². The van der Waals surface area contributed by atoms with Crippen molar-refractivity contribution >= 4 is 5.97 Å². The molecule has 20 heavy (non-hydrogen) atoms. The van der Waals surface area contributed by atoms with E-state index in [2.05, 4.69) is 19.9 Å². The van der Waals surface area contributed by atoms with Gasteiger partial charge in [-0.2, -0.15) is 0 Å². The highest BCUT2D eigenvalue weighted by atomic mass is 16.5. The molecule has 0 bridgehead atoms. The Hall–Kier alpha value is -1.57. The molecule has 0 saturated carbocycles. The summed E-state index contributed by atoms with van der Waals surface area (Å²) < 4.78 is 5.31. The van der Waals surface area contributed by atoms with Gasteiger partial charge in [0.2, 0.25) is 0 Å². The van der Waals surface area contributed by atoms with Crippen molar-refractivity contribution in [3.8, 4) is 5.75 Å². The lowest BCUT2D eigenvalue weighted by Gasteiger charge is -2.22. The summed E-state index contributed by atoms with van der Waals surface area (Å²) in [7, 11) is 0. The predicted octanol–water partition coefficient (Wildman–Crippen LogP) is 4.75. The third-order valence-corrected chi connectivity index (χ3v) is 4.10. The van der Waals surface area contributed by atoms with E-state index >= 15 is 0 Å². The first-order chi connectivity index (χ1) is 9.65. The van der Waals surface area contributed by atoms with Gasteiger partial charge in [0.15, 0.2) is 0 Å². The van der Waals surface area contributed by atoms with E-state index in [4.69, 9.17) is 4.74 Å². The lowest BCUT2D eigenvalue weighted by Crippen LogP contribution is -2.12. The fourth-order valence-electron chi connectivity index (χ4n) is 2.62. The van der Waals surface area contributed by atoms with Gasteiger partial charge in [-0.05, 0) is 49.7 Å². The summed E-state index contributed by atoms with van der Waals surface area (Å²) in [5.41, 5.74) is 1.52. The zero-order valence-electron chi connectivity index (χ0n) is 12.5. The number of ether oxygens (including phenoxy) is 1. The molecular formula is C18H24O2. The Morgan fingerprint density at radius 2 is 2.10 bits per heavy atom. The highest BCUT2D eigenvalue weighted by Gasteiger charge is 2.16. The number of carbonyl (C=O) groups is 1. The maximum absolute atomic E-state index is 11.8. The molecule has 0 saturated heterocycles. The van der Waals surface area contributed by atoms with Crippen molar-refractivity contribution < 1.29 is 9.53 Å². The van der Waals surface area contributed by atoms with Crippen molar-refractivity contribution in [2.75, 3.05) is 0 Å². The average Bonchev–Trinajstić information content (AvgIpc) is 2.46. The molecule has 1 aromatic rings. The first kappa shape index (κ1) is 14.8. The van der Waals surface area contributed by atoms with Crippen LogP contribution in [-0.4, -0.2) is 5.97 Å². The third-order valence-electron chi connectivity index (χ3n) is 4.10. The Morgan fingerprint density at radius 3 is 2.75 bits per heavy atom. The molecule has 2 atom stereocenters. The maximum atomic E-state index is 11.8. The van der Waals surface area contributed by atoms with Crippen LogP contribution in [0.3, 0.4) is 0 Å². The summed E-state index contributed by atoms with van der Waals surface area (Å²) in [6.07, 6.45) is 7.41. The lowest BCUT2D eigenvalue weighted by atomic mass is 9.84. The monoisotopic (exact) mass is 272 g/mol. The lowest BCUT2D eigenvalue weighted by molar-refractivity contribution is -0.134. The van der Waals surface area contributed by atoms with Gasteiger partial charge in [0.05, 0.1) is 0 Å². The van der Waals surface area contributed by atoms with Crippen LogP contribution in [0.1, 0.15) is 46.0 Å². The summed E-state index contributed by atoms with van der Waals surface area (Å²) in [5, 5.41) is 0. The van der Waals surface area contributed by atoms with Gasteiger partial charge in [-0.25, -0.2) is 0 Å². The van der Waals surface area contributed by atoms with E-state index in [-0.39, 0.29) is 5.97 Å². The van der Waals surface area contributed by atoms with Crippen LogP contribution in [0.2, 0.25) is 0 Å². The molecule has 0 spiro atoms. The van der Waals surface area contributed by atoms with Crippen LogP contribution < -0.4 is 4.74 Å². The zero-order valence-corrected chi connectivity index (χ0v) is 12.5. The first-order valence-corrected chi connectivity index (χ1v) is 7.60. The molecule has 0 aromatic heterocycles. The van der Waals surface area contributed by atoms with Gasteiger partial charge < -0.3 is 4.74 Å². The Kier molecular flexibility index (Phi) is 5.40. The van der Waals surface area contributed by atoms with Crippen molar-refractivity contribution in [2.45, 2.75) is 46.0 Å². The fraction of sp³-hybridized carbons (Fsp3) is 0.500. The Bertz CT molecular complexity index is 462. The smallest absolute Gasteiger partial charge is 0.311 e. The summed E-state index contributed by atoms with van der Waals surface area (Å²) in [6, 6.07) is 9.28. The van der Waals surface area contributed by atoms with Gasteiger partial charge in [-0.1, -0.05) is 43.7 Å². The topological polar surface area (TPSA) is 26.3 Å². The second kappa shape index (κ2) is 7.28. The van der Waals surface area contributed by atoms with Crippen LogP contribution in [-0.2, 0) is 4.79 Å². The summed E-state index contributed by atoms with van der Waals surface area (Å²) in [4.78, 5) is 11.8. The average molecular weight is 272 g/mol. The van der Waals surface area contributed by atoms with E-state index in [1.807, 2.05) is 30.3 Å². The van der Waals surface area contributed by atoms with E-state index in [9.17, 15) is 4.79 Å². The number of hydrogen-bond acceptors (Lipinski definition) is 2. The number of hydrogen-bond donors (Lipinski definition) is 0. The van der Waals surface area contributed by atoms with Gasteiger partial charge in [-0.15, -0.1) is 0 Å². The normalized spacial score (nSPS) is 20.1. The van der Waals surface area contributed by atoms with Crippen LogP contribution in [0.25, 0.3) is 0 Å². The largest absolute Gasteiger partial charge is 0.427 e. The summed E-state index contributed by atoms with van der Waals surface area (Å²) in [6.45, 7) is 4.52. The van der Waals surface area contributed by atoms with Crippen molar-refractivity contribution in [1.82, 2.24) is 0 Å². The Morgan fingerprint density at radius 1 is 1.35 bits per heavy atom. The second-order valence-electron chi connectivity index (χ2n) is 5.89. The second-order valence-corrected chi connectivity index (χ2v) is 5.89. The molecule has 108 valence electrons. The molecule has 2 nitrogen and oxygen atoms in total. The van der Waals surface area contributed by atoms with Gasteiger partial charge >= 0.3 is 5.97 Å². The van der Waals surface area contributed by atoms with Crippen LogP contribution in [0, 0.1) is 11.8 Å². The quantitative estimate of drug-likeness (QED) is 0.439. The molecule has 1 aromatic carbocycles. The number of benzene rings is 1. The molecule has 2 rings (SSSR count). The first-order valence-electron chi connectivity index (χ1n) is 7.60. The van der Waals surface area contributed by atoms with E-state index < -0.39 is 0 Å². The fourth-order valence-corrected chi connectivity index (χ4v) is 2.62. The van der Waals surface area contributed by atoms with Crippen molar-refractivity contribution in [2.24, 2.45) is 11.8 Å². The minimum Gasteiger partial charge on any atom is -0.427 e. The van der Waals surface area contributed by atoms with Gasteiger partial charge in [-0.3, -0.25) is 4.79 Å². The van der Waals surface area contributed by atoms with Crippen LogP contribution in [0.4, 0.5) is 0 Å². The molecule has 2 unspecified atom stereocenters. The molecule has 0 radical (unpaired) electrons. The van der Waals surface area contributed by atoms with Crippen LogP contribution >= 0.6 is 0 Å². The summed E-state index contributed by atoms with van der Waals surface area (Å²) >= 11 is 0. The standard InChI is InChI=1S/C18H24O2/c1-14-8-11-16(12-9-14)15(2)10-13-18(19)20-17-6-4-3-5-7-17/h3-7,11,14-15H,8-10,12-13H2,1-2H3. The minimum atomic E-state index is -0.132. The molecule has 0 fully saturated rings. The molecule has 0 heterocycles. The molecule has 1 aliphatic carbocycles. The predicted molar refractivity (Wildman–Crippen MR) is 81.6 cm³/mol. The number of esters is 1. The van der Waals surface area contributed by atoms with Gasteiger partial charge in [0.1, 0.15) is 5.75 Å². The van der Waals surface area contributed by atoms with Crippen LogP contribution in [0.15, 0.2) is 42.0 Å². The highest BCUT2D eigenvalue weighted by Crippen LogP contribution is 2.29. The third kappa shape index (κ3) is 4.52. The van der Waals surface area contributed by atoms with Crippen molar-refractivity contribution in [3.63, 3.8) is 0 Å². The molecule has 0 aliphatic heterocycles. The molecule has 0 N–H and O–H groups in total. The SMILES string of the molecule is CC1CC=C(C(C)CCC(=O)Oc2ccccc2)CC1. The zero-order chi connectivity index (χ0) is 14.4. The molecular weight excluding hydrogens is 248 g/mol. The number of rotatable bonds is 5. The van der Waals surface area contributed by atoms with E-state index in [0.29, 0.717) is 18.1 Å². The number of allylic oxidation sites excluding steroid dienone is 2. The van der Waals surface area contributed by atoms with E-state index in [1.54, 1.807) is 0 Å². The maximum Gasteiger partial charge on any atom is 0.311 e. The van der Waals surface area contributed by atoms with Crippen molar-refractivity contribution in [3.05, 3.63) is 42.0 Å². The molecule has 2 heteroatoms. The minimum absolute atomic E-state index is 0.132. The van der Waals surface area contributed by atoms with E-state index in [0.717, 1.165) is 12.3 Å². The molecule has 1 aliphatic rings. The van der Waals surface area contributed by atoms with Crippen LogP contribution in [0.5, 0.6) is 5.75 Å². The Balaban J connectivity index is 1.76. The van der Waals surface area contributed by atoms with Gasteiger partial charge in [0, 0.05) is 6.42 Å². The number of carbonyl (C=O) groups excluding carboxylic acids is 1.